The van der Waals surface area contributed by atoms with Gasteiger partial charge in [0.15, 0.2) is 0 Å². The Labute approximate surface area is 181 Å². The van der Waals surface area contributed by atoms with Crippen LogP contribution in [0.4, 0.5) is 5.95 Å². The van der Waals surface area contributed by atoms with Gasteiger partial charge in [0, 0.05) is 43.8 Å². The number of nitrogens with two attached hydrogens (primary N) is 1. The van der Waals surface area contributed by atoms with Crippen LogP contribution in [0.15, 0.2) is 24.3 Å². The summed E-state index contributed by atoms with van der Waals surface area (Å²) >= 11 is 0. The van der Waals surface area contributed by atoms with Crippen LogP contribution >= 0.6 is 0 Å². The van der Waals surface area contributed by atoms with E-state index in [1.54, 1.807) is 0 Å². The number of nitrogens with zero attached hydrogens (tertiary/aromatic N) is 4. The monoisotopic (exact) mass is 409 g/mol. The molecule has 0 spiro atoms. The van der Waals surface area contributed by atoms with Crippen molar-refractivity contribution in [2.24, 2.45) is 5.73 Å². The highest BCUT2D eigenvalue weighted by Crippen LogP contribution is 2.38. The number of piperidine rings is 2. The van der Waals surface area contributed by atoms with Crippen molar-refractivity contribution in [2.45, 2.75) is 88.8 Å². The van der Waals surface area contributed by atoms with Crippen LogP contribution in [-0.2, 0) is 0 Å². The Kier molecular flexibility index (Phi) is 5.76. The highest BCUT2D eigenvalue weighted by atomic mass is 15.3. The first-order valence-corrected chi connectivity index (χ1v) is 12.4. The quantitative estimate of drug-likeness (QED) is 0.746. The Bertz CT molecular complexity index is 834. The van der Waals surface area contributed by atoms with Gasteiger partial charge in [0.2, 0.25) is 5.95 Å². The van der Waals surface area contributed by atoms with Crippen molar-refractivity contribution in [1.82, 2.24) is 14.5 Å². The Hall–Kier alpha value is -1.59. The third-order valence-corrected chi connectivity index (χ3v) is 8.17. The molecule has 3 fully saturated rings. The van der Waals surface area contributed by atoms with Gasteiger partial charge in [-0.15, -0.1) is 0 Å². The molecule has 1 saturated carbocycles. The molecule has 3 aliphatic rings. The highest BCUT2D eigenvalue weighted by Gasteiger charge is 2.36. The van der Waals surface area contributed by atoms with Gasteiger partial charge in [-0.1, -0.05) is 37.8 Å². The first-order chi connectivity index (χ1) is 14.6. The largest absolute Gasteiger partial charge is 0.342 e. The number of para-hydroxylation sites is 2. The number of hydrogen-bond donors (Lipinski definition) is 1. The van der Waals surface area contributed by atoms with Gasteiger partial charge < -0.3 is 15.2 Å². The van der Waals surface area contributed by atoms with Crippen molar-refractivity contribution >= 4 is 17.0 Å². The molecule has 0 unspecified atom stereocenters. The third kappa shape index (κ3) is 3.87. The van der Waals surface area contributed by atoms with Crippen LogP contribution < -0.4 is 10.6 Å². The predicted octanol–water partition coefficient (Wildman–Crippen LogP) is 4.71. The first-order valence-electron chi connectivity index (χ1n) is 12.4. The zero-order chi connectivity index (χ0) is 20.6. The predicted molar refractivity (Wildman–Crippen MR) is 125 cm³/mol. The lowest BCUT2D eigenvalue weighted by molar-refractivity contribution is 0.0529. The fraction of sp³-hybridized carbons (Fsp3) is 0.720. The van der Waals surface area contributed by atoms with E-state index in [1.165, 1.54) is 75.9 Å². The summed E-state index contributed by atoms with van der Waals surface area (Å²) in [5.41, 5.74) is 9.05. The number of anilines is 1. The zero-order valence-electron chi connectivity index (χ0n) is 18.7. The minimum Gasteiger partial charge on any atom is -0.342 e. The van der Waals surface area contributed by atoms with Crippen molar-refractivity contribution in [1.29, 1.82) is 0 Å². The molecule has 30 heavy (non-hydrogen) atoms. The van der Waals surface area contributed by atoms with E-state index in [2.05, 4.69) is 45.6 Å². The minimum atomic E-state index is 0.350. The van der Waals surface area contributed by atoms with Crippen LogP contribution in [0.1, 0.15) is 77.2 Å². The normalized spacial score (nSPS) is 24.9. The molecule has 0 amide bonds. The van der Waals surface area contributed by atoms with Crippen molar-refractivity contribution in [3.05, 3.63) is 24.3 Å². The Morgan fingerprint density at radius 1 is 0.900 bits per heavy atom. The maximum absolute atomic E-state index is 6.18. The van der Waals surface area contributed by atoms with E-state index in [9.17, 15) is 0 Å². The molecule has 2 aliphatic heterocycles. The maximum Gasteiger partial charge on any atom is 0.206 e. The number of fused-ring (bicyclic) bond motifs is 1. The molecule has 5 rings (SSSR count). The van der Waals surface area contributed by atoms with E-state index in [1.807, 2.05) is 0 Å². The summed E-state index contributed by atoms with van der Waals surface area (Å²) in [6.07, 6.45) is 13.0. The number of likely N-dealkylation sites (tertiary alicyclic amines) is 1. The van der Waals surface area contributed by atoms with Gasteiger partial charge in [-0.05, 0) is 57.6 Å². The van der Waals surface area contributed by atoms with Crippen molar-refractivity contribution in [3.8, 4) is 0 Å². The summed E-state index contributed by atoms with van der Waals surface area (Å²) in [7, 11) is 0. The van der Waals surface area contributed by atoms with Gasteiger partial charge in [0.1, 0.15) is 0 Å². The smallest absolute Gasteiger partial charge is 0.206 e. The Balaban J connectivity index is 1.38. The molecule has 1 aromatic carbocycles. The van der Waals surface area contributed by atoms with Crippen molar-refractivity contribution in [2.75, 3.05) is 31.1 Å². The lowest BCUT2D eigenvalue weighted by Gasteiger charge is -2.45. The van der Waals surface area contributed by atoms with Gasteiger partial charge >= 0.3 is 0 Å². The number of rotatable bonds is 3. The molecule has 0 atom stereocenters. The van der Waals surface area contributed by atoms with Gasteiger partial charge in [-0.25, -0.2) is 4.98 Å². The summed E-state index contributed by atoms with van der Waals surface area (Å²) in [4.78, 5) is 10.4. The van der Waals surface area contributed by atoms with Gasteiger partial charge in [-0.3, -0.25) is 4.90 Å². The first kappa shape index (κ1) is 20.3. The summed E-state index contributed by atoms with van der Waals surface area (Å²) in [5, 5.41) is 0. The summed E-state index contributed by atoms with van der Waals surface area (Å²) < 4.78 is 2.58. The Morgan fingerprint density at radius 2 is 1.57 bits per heavy atom. The number of imidazole rings is 1. The maximum atomic E-state index is 6.18. The van der Waals surface area contributed by atoms with E-state index < -0.39 is 0 Å². The molecule has 2 aromatic rings. The standard InChI is InChI=1S/C25H39N5/c1-25(14-6-2-3-7-15-25)29-18-12-21(13-19-29)30-23-9-5-4-8-22(23)27-24(30)28-16-10-20(26)11-17-28/h4-5,8-9,20-21H,2-3,6-7,10-19,26H2,1H3. The molecule has 164 valence electrons. The number of aromatic nitrogens is 2. The summed E-state index contributed by atoms with van der Waals surface area (Å²) in [6, 6.07) is 9.62. The second-order valence-electron chi connectivity index (χ2n) is 10.2. The average Bonchev–Trinajstić information content (AvgIpc) is 3.02. The fourth-order valence-corrected chi connectivity index (χ4v) is 6.18. The minimum absolute atomic E-state index is 0.350. The summed E-state index contributed by atoms with van der Waals surface area (Å²) in [6.45, 7) is 7.03. The molecule has 5 heteroatoms. The summed E-state index contributed by atoms with van der Waals surface area (Å²) in [5.74, 6) is 1.18. The third-order valence-electron chi connectivity index (χ3n) is 8.17. The van der Waals surface area contributed by atoms with E-state index in [0.717, 1.165) is 31.4 Å². The van der Waals surface area contributed by atoms with Crippen LogP contribution in [-0.4, -0.2) is 52.2 Å². The lowest BCUT2D eigenvalue weighted by atomic mass is 9.87. The topological polar surface area (TPSA) is 50.3 Å². The van der Waals surface area contributed by atoms with E-state index in [4.69, 9.17) is 10.7 Å². The van der Waals surface area contributed by atoms with Gasteiger partial charge in [0.05, 0.1) is 11.0 Å². The zero-order valence-corrected chi connectivity index (χ0v) is 18.7. The van der Waals surface area contributed by atoms with E-state index in [0.29, 0.717) is 17.6 Å². The van der Waals surface area contributed by atoms with Crippen molar-refractivity contribution < 1.29 is 0 Å². The van der Waals surface area contributed by atoms with Crippen LogP contribution in [0.5, 0.6) is 0 Å². The van der Waals surface area contributed by atoms with Crippen LogP contribution in [0.3, 0.4) is 0 Å². The van der Waals surface area contributed by atoms with Crippen LogP contribution in [0.25, 0.3) is 11.0 Å². The lowest BCUT2D eigenvalue weighted by Crippen LogP contribution is -2.50. The molecule has 3 heterocycles. The molecule has 5 nitrogen and oxygen atoms in total. The van der Waals surface area contributed by atoms with Crippen molar-refractivity contribution in [3.63, 3.8) is 0 Å². The number of hydrogen-bond acceptors (Lipinski definition) is 4. The molecule has 1 aromatic heterocycles. The highest BCUT2D eigenvalue weighted by molar-refractivity contribution is 5.79. The molecule has 0 radical (unpaired) electrons. The molecule has 2 N–H and O–H groups in total. The van der Waals surface area contributed by atoms with Crippen LogP contribution in [0.2, 0.25) is 0 Å². The van der Waals surface area contributed by atoms with Gasteiger partial charge in [0.25, 0.3) is 0 Å². The second kappa shape index (κ2) is 8.51. The number of benzene rings is 1. The second-order valence-corrected chi connectivity index (χ2v) is 10.2. The molecule has 1 aliphatic carbocycles. The SMILES string of the molecule is CC1(N2CCC(n3c(N4CCC(N)CC4)nc4ccccc43)CC2)CCCCCC1. The molecular weight excluding hydrogens is 370 g/mol. The fourth-order valence-electron chi connectivity index (χ4n) is 6.18. The van der Waals surface area contributed by atoms with E-state index in [-0.39, 0.29) is 0 Å². The van der Waals surface area contributed by atoms with Gasteiger partial charge in [-0.2, -0.15) is 0 Å². The Morgan fingerprint density at radius 3 is 2.27 bits per heavy atom. The van der Waals surface area contributed by atoms with E-state index >= 15 is 0 Å². The molecular formula is C25H39N5. The van der Waals surface area contributed by atoms with Crippen LogP contribution in [0, 0.1) is 0 Å². The molecule has 0 bridgehead atoms. The average molecular weight is 410 g/mol. The molecule has 2 saturated heterocycles.